The molecule has 0 aromatic carbocycles. The van der Waals surface area contributed by atoms with E-state index in [1.54, 1.807) is 11.3 Å². The zero-order chi connectivity index (χ0) is 16.2. The third-order valence-corrected chi connectivity index (χ3v) is 5.12. The van der Waals surface area contributed by atoms with Gasteiger partial charge in [-0.3, -0.25) is 9.58 Å². The lowest BCUT2D eigenvalue weighted by molar-refractivity contribution is 0.268. The molecule has 1 aliphatic rings. The second-order valence-corrected chi connectivity index (χ2v) is 6.86. The Morgan fingerprint density at radius 2 is 2.08 bits per heavy atom. The van der Waals surface area contributed by atoms with Crippen LogP contribution in [0.25, 0.3) is 0 Å². The van der Waals surface area contributed by atoms with Gasteiger partial charge in [0.25, 0.3) is 0 Å². The molecule has 0 saturated heterocycles. The van der Waals surface area contributed by atoms with Crippen LogP contribution in [0.2, 0.25) is 0 Å². The van der Waals surface area contributed by atoms with Crippen molar-refractivity contribution in [3.63, 3.8) is 0 Å². The second kappa shape index (κ2) is 7.15. The van der Waals surface area contributed by atoms with Crippen LogP contribution < -0.4 is 4.90 Å². The summed E-state index contributed by atoms with van der Waals surface area (Å²) in [6.45, 7) is 5.81. The lowest BCUT2D eigenvalue weighted by atomic mass is 10.2. The predicted octanol–water partition coefficient (Wildman–Crippen LogP) is 2.86. The Labute approximate surface area is 146 Å². The summed E-state index contributed by atoms with van der Waals surface area (Å²) in [5.41, 5.74) is 2.71. The third kappa shape index (κ3) is 3.49. The number of hydrogen-bond donors (Lipinski definition) is 0. The quantitative estimate of drug-likeness (QED) is 0.716. The van der Waals surface area contributed by atoms with Crippen molar-refractivity contribution in [2.75, 3.05) is 24.5 Å². The molecule has 0 radical (unpaired) electrons. The number of pyridine rings is 1. The van der Waals surface area contributed by atoms with E-state index in [0.29, 0.717) is 0 Å². The lowest BCUT2D eigenvalue weighted by Crippen LogP contribution is -2.33. The first-order chi connectivity index (χ1) is 11.9. The monoisotopic (exact) mass is 339 g/mol. The van der Waals surface area contributed by atoms with Crippen LogP contribution in [0.3, 0.4) is 0 Å². The molecule has 0 bridgehead atoms. The molecule has 24 heavy (non-hydrogen) atoms. The Kier molecular flexibility index (Phi) is 4.57. The average Bonchev–Trinajstić information content (AvgIpc) is 3.26. The molecule has 0 amide bonds. The molecule has 0 aliphatic carbocycles. The normalized spacial score (nSPS) is 15.2. The van der Waals surface area contributed by atoms with Gasteiger partial charge in [0.1, 0.15) is 5.82 Å². The van der Waals surface area contributed by atoms with Crippen molar-refractivity contribution in [3.8, 4) is 0 Å². The summed E-state index contributed by atoms with van der Waals surface area (Å²) >= 11 is 1.77. The van der Waals surface area contributed by atoms with Crippen molar-refractivity contribution in [1.82, 2.24) is 19.7 Å². The van der Waals surface area contributed by atoms with E-state index in [0.717, 1.165) is 45.1 Å². The van der Waals surface area contributed by atoms with Gasteiger partial charge in [-0.15, -0.1) is 0 Å². The van der Waals surface area contributed by atoms with Crippen molar-refractivity contribution >= 4 is 17.2 Å². The fraction of sp³-hybridized carbons (Fsp3) is 0.333. The third-order valence-electron chi connectivity index (χ3n) is 4.39. The first kappa shape index (κ1) is 15.4. The average molecular weight is 339 g/mol. The van der Waals surface area contributed by atoms with E-state index in [4.69, 9.17) is 0 Å². The molecule has 6 heteroatoms. The Morgan fingerprint density at radius 3 is 2.92 bits per heavy atom. The van der Waals surface area contributed by atoms with Crippen molar-refractivity contribution < 1.29 is 0 Å². The predicted molar refractivity (Wildman–Crippen MR) is 97.1 cm³/mol. The Morgan fingerprint density at radius 1 is 1.08 bits per heavy atom. The molecule has 5 nitrogen and oxygen atoms in total. The van der Waals surface area contributed by atoms with Crippen LogP contribution in [0.5, 0.6) is 0 Å². The van der Waals surface area contributed by atoms with Gasteiger partial charge in [-0.1, -0.05) is 6.07 Å². The van der Waals surface area contributed by atoms with Crippen molar-refractivity contribution in [1.29, 1.82) is 0 Å². The van der Waals surface area contributed by atoms with Crippen LogP contribution in [0, 0.1) is 0 Å². The number of hydrogen-bond acceptors (Lipinski definition) is 5. The van der Waals surface area contributed by atoms with Gasteiger partial charge in [-0.25, -0.2) is 4.98 Å². The van der Waals surface area contributed by atoms with Crippen LogP contribution in [0.1, 0.15) is 11.1 Å². The van der Waals surface area contributed by atoms with Crippen LogP contribution in [0.15, 0.2) is 53.6 Å². The Hall–Kier alpha value is -2.18. The van der Waals surface area contributed by atoms with E-state index in [-0.39, 0.29) is 0 Å². The maximum absolute atomic E-state index is 4.66. The smallest absolute Gasteiger partial charge is 0.133 e. The number of rotatable bonds is 5. The van der Waals surface area contributed by atoms with Crippen molar-refractivity contribution in [2.24, 2.45) is 0 Å². The number of thiophene rings is 1. The van der Waals surface area contributed by atoms with E-state index < -0.39 is 0 Å². The van der Waals surface area contributed by atoms with Crippen LogP contribution in [-0.4, -0.2) is 39.3 Å². The van der Waals surface area contributed by atoms with Crippen LogP contribution >= 0.6 is 11.3 Å². The number of fused-ring (bicyclic) bond motifs is 1. The highest BCUT2D eigenvalue weighted by Gasteiger charge is 2.20. The molecular formula is C18H21N5S. The minimum atomic E-state index is 0.882. The summed E-state index contributed by atoms with van der Waals surface area (Å²) in [6, 6.07) is 8.43. The first-order valence-electron chi connectivity index (χ1n) is 8.28. The number of aromatic nitrogens is 3. The minimum absolute atomic E-state index is 0.882. The molecule has 0 spiro atoms. The fourth-order valence-electron chi connectivity index (χ4n) is 3.18. The standard InChI is InChI=1S/C18H21N5S/c1-3-17-14-21(13-16-4-12-24-15-16)8-9-22(18(17)19-5-1)10-11-23-7-2-6-20-23/h1-7,12,15H,8-11,13-14H2. The summed E-state index contributed by atoms with van der Waals surface area (Å²) in [7, 11) is 0. The molecule has 0 N–H and O–H groups in total. The molecule has 0 unspecified atom stereocenters. The first-order valence-corrected chi connectivity index (χ1v) is 9.22. The lowest BCUT2D eigenvalue weighted by Gasteiger charge is -2.23. The highest BCUT2D eigenvalue weighted by Crippen LogP contribution is 2.23. The molecule has 124 valence electrons. The van der Waals surface area contributed by atoms with E-state index in [1.807, 2.05) is 35.4 Å². The topological polar surface area (TPSA) is 37.2 Å². The van der Waals surface area contributed by atoms with Crippen LogP contribution in [-0.2, 0) is 19.6 Å². The van der Waals surface area contributed by atoms with Gasteiger partial charge < -0.3 is 4.90 Å². The van der Waals surface area contributed by atoms with Gasteiger partial charge in [0, 0.05) is 56.9 Å². The summed E-state index contributed by atoms with van der Waals surface area (Å²) in [6.07, 6.45) is 5.74. The molecule has 0 atom stereocenters. The zero-order valence-electron chi connectivity index (χ0n) is 13.6. The SMILES string of the molecule is c1cnc2c(c1)CN(Cc1ccsc1)CCN2CCn1cccn1. The maximum Gasteiger partial charge on any atom is 0.133 e. The van der Waals surface area contributed by atoms with Crippen molar-refractivity contribution in [3.05, 3.63) is 64.7 Å². The molecule has 3 aromatic heterocycles. The highest BCUT2D eigenvalue weighted by molar-refractivity contribution is 7.07. The minimum Gasteiger partial charge on any atom is -0.353 e. The molecule has 4 rings (SSSR count). The molecule has 3 aromatic rings. The molecule has 1 aliphatic heterocycles. The summed E-state index contributed by atoms with van der Waals surface area (Å²) in [5.74, 6) is 1.12. The van der Waals surface area contributed by atoms with Gasteiger partial charge in [-0.05, 0) is 34.5 Å². The van der Waals surface area contributed by atoms with E-state index in [9.17, 15) is 0 Å². The summed E-state index contributed by atoms with van der Waals surface area (Å²) in [4.78, 5) is 9.57. The molecule has 0 fully saturated rings. The van der Waals surface area contributed by atoms with Gasteiger partial charge in [-0.2, -0.15) is 16.4 Å². The number of nitrogens with zero attached hydrogens (tertiary/aromatic N) is 5. The zero-order valence-corrected chi connectivity index (χ0v) is 14.4. The second-order valence-electron chi connectivity index (χ2n) is 6.08. The molecular weight excluding hydrogens is 318 g/mol. The highest BCUT2D eigenvalue weighted by atomic mass is 32.1. The summed E-state index contributed by atoms with van der Waals surface area (Å²) < 4.78 is 1.98. The largest absolute Gasteiger partial charge is 0.353 e. The maximum atomic E-state index is 4.66. The van der Waals surface area contributed by atoms with Crippen molar-refractivity contribution in [2.45, 2.75) is 19.6 Å². The van der Waals surface area contributed by atoms with Gasteiger partial charge in [0.2, 0.25) is 0 Å². The Balaban J connectivity index is 1.50. The van der Waals surface area contributed by atoms with Gasteiger partial charge in [0.05, 0.1) is 6.54 Å². The fourth-order valence-corrected chi connectivity index (χ4v) is 3.84. The van der Waals surface area contributed by atoms with E-state index in [2.05, 4.69) is 42.8 Å². The molecule has 0 saturated carbocycles. The van der Waals surface area contributed by atoms with Gasteiger partial charge >= 0.3 is 0 Å². The number of anilines is 1. The van der Waals surface area contributed by atoms with Crippen LogP contribution in [0.4, 0.5) is 5.82 Å². The van der Waals surface area contributed by atoms with E-state index >= 15 is 0 Å². The van der Waals surface area contributed by atoms with E-state index in [1.165, 1.54) is 11.1 Å². The Bertz CT molecular complexity index is 754. The molecule has 4 heterocycles. The van der Waals surface area contributed by atoms with Gasteiger partial charge in [0.15, 0.2) is 0 Å². The summed E-state index contributed by atoms with van der Waals surface area (Å²) in [5, 5.41) is 8.70.